The van der Waals surface area contributed by atoms with Crippen molar-refractivity contribution in [1.29, 1.82) is 0 Å². The van der Waals surface area contributed by atoms with Crippen molar-refractivity contribution in [2.45, 2.75) is 30.8 Å². The standard InChI is InChI=1S/C18H19N5OS2/c1-4-10-23-15(14-8-6-5-7-12(14)2)21-22-18(23)26-13(3)16(24)20-17-19-9-11-25-17/h4-9,11,13H,1,10H2,2-3H3,(H,19,20,24)/t13-/m0/s1. The molecular weight excluding hydrogens is 366 g/mol. The number of thioether (sulfide) groups is 1. The van der Waals surface area contributed by atoms with Crippen LogP contribution in [0.4, 0.5) is 5.13 Å². The lowest BCUT2D eigenvalue weighted by Gasteiger charge is -2.12. The highest BCUT2D eigenvalue weighted by Gasteiger charge is 2.21. The Morgan fingerprint density at radius 1 is 1.42 bits per heavy atom. The minimum atomic E-state index is -0.337. The molecule has 2 aromatic heterocycles. The monoisotopic (exact) mass is 385 g/mol. The maximum absolute atomic E-state index is 12.4. The van der Waals surface area contributed by atoms with Gasteiger partial charge in [0.2, 0.25) is 5.91 Å². The molecule has 1 atom stereocenters. The second-order valence-electron chi connectivity index (χ2n) is 5.61. The van der Waals surface area contributed by atoms with E-state index in [0.717, 1.165) is 17.0 Å². The van der Waals surface area contributed by atoms with Crippen LogP contribution in [0.5, 0.6) is 0 Å². The number of hydrogen-bond donors (Lipinski definition) is 1. The minimum Gasteiger partial charge on any atom is -0.301 e. The Hall–Kier alpha value is -2.45. The van der Waals surface area contributed by atoms with Gasteiger partial charge in [-0.2, -0.15) is 0 Å². The average Bonchev–Trinajstić information content (AvgIpc) is 3.26. The van der Waals surface area contributed by atoms with Crippen LogP contribution in [0, 0.1) is 6.92 Å². The Morgan fingerprint density at radius 3 is 2.92 bits per heavy atom. The Morgan fingerprint density at radius 2 is 2.23 bits per heavy atom. The summed E-state index contributed by atoms with van der Waals surface area (Å²) in [5.41, 5.74) is 2.14. The van der Waals surface area contributed by atoms with Crippen LogP contribution in [0.2, 0.25) is 0 Å². The lowest BCUT2D eigenvalue weighted by Crippen LogP contribution is -2.22. The summed E-state index contributed by atoms with van der Waals surface area (Å²) in [5.74, 6) is 0.661. The van der Waals surface area contributed by atoms with Gasteiger partial charge >= 0.3 is 0 Å². The first-order valence-electron chi connectivity index (χ1n) is 8.07. The van der Waals surface area contributed by atoms with Gasteiger partial charge in [-0.3, -0.25) is 9.36 Å². The number of benzene rings is 1. The molecule has 3 rings (SSSR count). The van der Waals surface area contributed by atoms with Gasteiger partial charge in [-0.1, -0.05) is 42.1 Å². The zero-order chi connectivity index (χ0) is 18.5. The van der Waals surface area contributed by atoms with E-state index in [0.29, 0.717) is 16.8 Å². The highest BCUT2D eigenvalue weighted by molar-refractivity contribution is 8.00. The number of nitrogens with zero attached hydrogens (tertiary/aromatic N) is 4. The molecule has 0 unspecified atom stereocenters. The van der Waals surface area contributed by atoms with Crippen molar-refractivity contribution in [2.24, 2.45) is 0 Å². The third-order valence-electron chi connectivity index (χ3n) is 3.73. The van der Waals surface area contributed by atoms with Gasteiger partial charge in [0.15, 0.2) is 16.1 Å². The number of carbonyl (C=O) groups excluding carboxylic acids is 1. The van der Waals surface area contributed by atoms with Gasteiger partial charge in [-0.25, -0.2) is 4.98 Å². The van der Waals surface area contributed by atoms with E-state index in [-0.39, 0.29) is 11.2 Å². The average molecular weight is 386 g/mol. The molecule has 8 heteroatoms. The van der Waals surface area contributed by atoms with E-state index in [1.165, 1.54) is 23.1 Å². The molecule has 3 aromatic rings. The Labute approximate surface area is 160 Å². The molecule has 0 aliphatic heterocycles. The number of rotatable bonds is 7. The second kappa shape index (κ2) is 8.29. The lowest BCUT2D eigenvalue weighted by molar-refractivity contribution is -0.115. The van der Waals surface area contributed by atoms with Crippen LogP contribution in [0.25, 0.3) is 11.4 Å². The van der Waals surface area contributed by atoms with E-state index in [4.69, 9.17) is 0 Å². The quantitative estimate of drug-likeness (QED) is 0.491. The molecule has 1 amide bonds. The zero-order valence-corrected chi connectivity index (χ0v) is 16.2. The van der Waals surface area contributed by atoms with Crippen LogP contribution in [-0.2, 0) is 11.3 Å². The molecule has 0 saturated carbocycles. The predicted molar refractivity (Wildman–Crippen MR) is 106 cm³/mol. The van der Waals surface area contributed by atoms with E-state index >= 15 is 0 Å². The highest BCUT2D eigenvalue weighted by Crippen LogP contribution is 2.29. The third kappa shape index (κ3) is 4.03. The first kappa shape index (κ1) is 18.3. The first-order valence-corrected chi connectivity index (χ1v) is 9.83. The van der Waals surface area contributed by atoms with Gasteiger partial charge in [-0.05, 0) is 19.4 Å². The van der Waals surface area contributed by atoms with Gasteiger partial charge in [0.05, 0.1) is 5.25 Å². The summed E-state index contributed by atoms with van der Waals surface area (Å²) in [6.07, 6.45) is 3.46. The molecule has 6 nitrogen and oxygen atoms in total. The summed E-state index contributed by atoms with van der Waals surface area (Å²) < 4.78 is 1.98. The molecule has 0 spiro atoms. The van der Waals surface area contributed by atoms with Gasteiger partial charge in [0.1, 0.15) is 0 Å². The summed E-state index contributed by atoms with van der Waals surface area (Å²) in [6, 6.07) is 8.03. The van der Waals surface area contributed by atoms with Crippen LogP contribution >= 0.6 is 23.1 Å². The fourth-order valence-corrected chi connectivity index (χ4v) is 3.79. The smallest absolute Gasteiger partial charge is 0.239 e. The number of nitrogens with one attached hydrogen (secondary N) is 1. The van der Waals surface area contributed by atoms with Crippen LogP contribution in [-0.4, -0.2) is 30.9 Å². The molecule has 1 aromatic carbocycles. The number of hydrogen-bond acceptors (Lipinski definition) is 6. The summed E-state index contributed by atoms with van der Waals surface area (Å²) in [7, 11) is 0. The lowest BCUT2D eigenvalue weighted by atomic mass is 10.1. The Kier molecular flexibility index (Phi) is 5.85. The van der Waals surface area contributed by atoms with Crippen LogP contribution in [0.3, 0.4) is 0 Å². The first-order chi connectivity index (χ1) is 12.6. The van der Waals surface area contributed by atoms with Crippen molar-refractivity contribution in [3.8, 4) is 11.4 Å². The number of allylic oxidation sites excluding steroid dienone is 1. The molecule has 0 bridgehead atoms. The number of amides is 1. The predicted octanol–water partition coefficient (Wildman–Crippen LogP) is 4.02. The molecule has 0 fully saturated rings. The number of aryl methyl sites for hydroxylation is 1. The van der Waals surface area contributed by atoms with E-state index in [9.17, 15) is 4.79 Å². The fourth-order valence-electron chi connectivity index (χ4n) is 2.40. The van der Waals surface area contributed by atoms with Gasteiger partial charge < -0.3 is 5.32 Å². The molecular formula is C18H19N5OS2. The number of aromatic nitrogens is 4. The fraction of sp³-hybridized carbons (Fsp3) is 0.222. The minimum absolute atomic E-state index is 0.115. The third-order valence-corrected chi connectivity index (χ3v) is 5.50. The van der Waals surface area contributed by atoms with Crippen molar-refractivity contribution in [1.82, 2.24) is 19.7 Å². The van der Waals surface area contributed by atoms with Crippen molar-refractivity contribution in [3.63, 3.8) is 0 Å². The normalized spacial score (nSPS) is 11.9. The van der Waals surface area contributed by atoms with Crippen LogP contribution in [0.1, 0.15) is 12.5 Å². The van der Waals surface area contributed by atoms with Crippen molar-refractivity contribution >= 4 is 34.1 Å². The summed E-state index contributed by atoms with van der Waals surface area (Å²) in [5, 5.41) is 14.2. The molecule has 0 saturated heterocycles. The van der Waals surface area contributed by atoms with E-state index < -0.39 is 0 Å². The zero-order valence-electron chi connectivity index (χ0n) is 14.5. The summed E-state index contributed by atoms with van der Waals surface area (Å²) >= 11 is 2.76. The van der Waals surface area contributed by atoms with Gasteiger partial charge in [0, 0.05) is 23.7 Å². The molecule has 0 aliphatic carbocycles. The maximum atomic E-state index is 12.4. The molecule has 0 radical (unpaired) electrons. The molecule has 2 heterocycles. The van der Waals surface area contributed by atoms with Crippen molar-refractivity contribution in [3.05, 3.63) is 54.1 Å². The van der Waals surface area contributed by atoms with E-state index in [2.05, 4.69) is 27.1 Å². The number of thiazole rings is 1. The SMILES string of the molecule is C=CCn1c(S[C@@H](C)C(=O)Nc2nccs2)nnc1-c1ccccc1C. The Balaban J connectivity index is 1.82. The maximum Gasteiger partial charge on any atom is 0.239 e. The molecule has 1 N–H and O–H groups in total. The second-order valence-corrected chi connectivity index (χ2v) is 7.81. The van der Waals surface area contributed by atoms with Crippen molar-refractivity contribution in [2.75, 3.05) is 5.32 Å². The van der Waals surface area contributed by atoms with E-state index in [1.54, 1.807) is 12.3 Å². The molecule has 134 valence electrons. The number of carbonyl (C=O) groups is 1. The largest absolute Gasteiger partial charge is 0.301 e. The van der Waals surface area contributed by atoms with Crippen molar-refractivity contribution < 1.29 is 4.79 Å². The van der Waals surface area contributed by atoms with Crippen LogP contribution in [0.15, 0.2) is 53.7 Å². The van der Waals surface area contributed by atoms with Gasteiger partial charge in [-0.15, -0.1) is 28.1 Å². The van der Waals surface area contributed by atoms with E-state index in [1.807, 2.05) is 48.1 Å². The highest BCUT2D eigenvalue weighted by atomic mass is 32.2. The molecule has 26 heavy (non-hydrogen) atoms. The molecule has 0 aliphatic rings. The topological polar surface area (TPSA) is 72.7 Å². The summed E-state index contributed by atoms with van der Waals surface area (Å²) in [6.45, 7) is 8.28. The summed E-state index contributed by atoms with van der Waals surface area (Å²) in [4.78, 5) is 16.4. The number of anilines is 1. The Bertz CT molecular complexity index is 904. The van der Waals surface area contributed by atoms with Gasteiger partial charge in [0.25, 0.3) is 0 Å². The van der Waals surface area contributed by atoms with Crippen LogP contribution < -0.4 is 5.32 Å².